The van der Waals surface area contributed by atoms with Gasteiger partial charge in [0.1, 0.15) is 0 Å². The Morgan fingerprint density at radius 1 is 0.727 bits per heavy atom. The molecule has 0 saturated heterocycles. The Kier molecular flexibility index (Phi) is 4.65. The highest BCUT2D eigenvalue weighted by Gasteiger charge is 2.60. The minimum atomic E-state index is -1.03. The fourth-order valence-electron chi connectivity index (χ4n) is 5.06. The highest BCUT2D eigenvalue weighted by Crippen LogP contribution is 2.54. The number of hydrogen-bond acceptors (Lipinski definition) is 5. The van der Waals surface area contributed by atoms with Gasteiger partial charge in [-0.25, -0.2) is 0 Å². The molecule has 0 bridgehead atoms. The number of carbonyl (C=O) groups is 4. The van der Waals surface area contributed by atoms with E-state index in [2.05, 4.69) is 0 Å². The fraction of sp³-hybridized carbons (Fsp3) is 0.185. The van der Waals surface area contributed by atoms with Gasteiger partial charge in [-0.3, -0.25) is 24.1 Å². The average Bonchev–Trinajstić information content (AvgIpc) is 3.07. The molecule has 0 radical (unpaired) electrons. The van der Waals surface area contributed by atoms with Crippen molar-refractivity contribution >= 4 is 23.4 Å². The molecule has 1 aliphatic carbocycles. The molecule has 1 heterocycles. The van der Waals surface area contributed by atoms with E-state index < -0.39 is 34.5 Å². The van der Waals surface area contributed by atoms with Crippen LogP contribution in [0.2, 0.25) is 0 Å². The molecule has 33 heavy (non-hydrogen) atoms. The molecule has 164 valence electrons. The molecule has 2 amide bonds. The predicted octanol–water partition coefficient (Wildman–Crippen LogP) is 3.79. The number of carbonyl (C=O) groups excluding carboxylic acids is 4. The summed E-state index contributed by atoms with van der Waals surface area (Å²) in [5, 5.41) is 10.6. The number of rotatable bonds is 5. The summed E-state index contributed by atoms with van der Waals surface area (Å²) in [5.41, 5.74) is -0.218. The lowest BCUT2D eigenvalue weighted by Gasteiger charge is -2.55. The van der Waals surface area contributed by atoms with Crippen molar-refractivity contribution in [2.75, 3.05) is 0 Å². The first-order chi connectivity index (χ1) is 15.7. The van der Waals surface area contributed by atoms with Gasteiger partial charge >= 0.3 is 0 Å². The Labute approximate surface area is 190 Å². The number of benzene rings is 3. The number of fused-ring (bicyclic) bond motifs is 1. The molecule has 2 aliphatic rings. The molecule has 3 aromatic carbocycles. The van der Waals surface area contributed by atoms with Crippen LogP contribution in [0.15, 0.2) is 78.9 Å². The van der Waals surface area contributed by atoms with Crippen LogP contribution in [0.5, 0.6) is 0 Å². The maximum Gasteiger partial charge on any atom is 0.262 e. The van der Waals surface area contributed by atoms with Crippen molar-refractivity contribution in [3.63, 3.8) is 0 Å². The first kappa shape index (κ1) is 21.0. The van der Waals surface area contributed by atoms with Crippen LogP contribution in [0.1, 0.15) is 66.8 Å². The first-order valence-electron chi connectivity index (χ1n) is 10.7. The van der Waals surface area contributed by atoms with Gasteiger partial charge in [-0.1, -0.05) is 66.7 Å². The van der Waals surface area contributed by atoms with Crippen molar-refractivity contribution in [1.82, 2.24) is 4.90 Å². The minimum absolute atomic E-state index is 0.182. The van der Waals surface area contributed by atoms with Crippen molar-refractivity contribution in [1.29, 1.82) is 0 Å². The van der Waals surface area contributed by atoms with Crippen LogP contribution < -0.4 is 0 Å². The van der Waals surface area contributed by atoms with Crippen LogP contribution in [0, 0.1) is 0 Å². The Bertz CT molecular complexity index is 1260. The quantitative estimate of drug-likeness (QED) is 0.371. The van der Waals surface area contributed by atoms with E-state index in [-0.39, 0.29) is 18.4 Å². The smallest absolute Gasteiger partial charge is 0.262 e. The van der Waals surface area contributed by atoms with Crippen molar-refractivity contribution in [2.24, 2.45) is 0 Å². The molecule has 1 saturated carbocycles. The van der Waals surface area contributed by atoms with Gasteiger partial charge in [0.05, 0.1) is 22.3 Å². The van der Waals surface area contributed by atoms with Crippen molar-refractivity contribution < 1.29 is 24.3 Å². The molecule has 1 N–H and O–H groups in total. The minimum Gasteiger partial charge on any atom is -0.390 e. The van der Waals surface area contributed by atoms with Crippen LogP contribution in [-0.4, -0.2) is 39.0 Å². The topological polar surface area (TPSA) is 91.8 Å². The molecular weight excluding hydrogens is 418 g/mol. The van der Waals surface area contributed by atoms with E-state index in [9.17, 15) is 24.3 Å². The number of amides is 2. The summed E-state index contributed by atoms with van der Waals surface area (Å²) in [5.74, 6) is -2.04. The van der Waals surface area contributed by atoms with Gasteiger partial charge < -0.3 is 5.11 Å². The first-order valence-corrected chi connectivity index (χ1v) is 10.7. The largest absolute Gasteiger partial charge is 0.390 e. The Morgan fingerprint density at radius 2 is 1.18 bits per heavy atom. The summed E-state index contributed by atoms with van der Waals surface area (Å²) < 4.78 is 0. The molecule has 0 spiro atoms. The molecule has 5 rings (SSSR count). The molecule has 0 unspecified atom stereocenters. The van der Waals surface area contributed by atoms with Crippen molar-refractivity contribution in [2.45, 2.75) is 30.9 Å². The molecule has 6 heteroatoms. The van der Waals surface area contributed by atoms with Crippen LogP contribution >= 0.6 is 0 Å². The summed E-state index contributed by atoms with van der Waals surface area (Å²) in [6, 6.07) is 21.4. The number of aliphatic hydroxyl groups is 1. The standard InChI is InChI=1S/C27H21NO5/c1-26(33)15-27(16-26,28-24(31)20-9-5-6-10-21(20)25(28)32)19-13-11-18(12-14-19)23(30)22(29)17-7-3-2-4-8-17/h2-14,33H,15-16H2,1H3. The van der Waals surface area contributed by atoms with E-state index >= 15 is 0 Å². The van der Waals surface area contributed by atoms with E-state index in [4.69, 9.17) is 0 Å². The van der Waals surface area contributed by atoms with Crippen molar-refractivity contribution in [3.05, 3.63) is 107 Å². The summed E-state index contributed by atoms with van der Waals surface area (Å²) >= 11 is 0. The zero-order valence-electron chi connectivity index (χ0n) is 17.9. The lowest BCUT2D eigenvalue weighted by Crippen LogP contribution is -2.63. The van der Waals surface area contributed by atoms with E-state index in [0.717, 1.165) is 0 Å². The lowest BCUT2D eigenvalue weighted by molar-refractivity contribution is -0.118. The van der Waals surface area contributed by atoms with Gasteiger partial charge in [0.2, 0.25) is 11.6 Å². The van der Waals surface area contributed by atoms with Crippen LogP contribution in [0.4, 0.5) is 0 Å². The van der Waals surface area contributed by atoms with Crippen LogP contribution in [-0.2, 0) is 5.54 Å². The van der Waals surface area contributed by atoms with Crippen molar-refractivity contribution in [3.8, 4) is 0 Å². The maximum absolute atomic E-state index is 13.2. The Hall–Kier alpha value is -3.90. The van der Waals surface area contributed by atoms with Crippen LogP contribution in [0.25, 0.3) is 0 Å². The van der Waals surface area contributed by atoms with Crippen LogP contribution in [0.3, 0.4) is 0 Å². The second kappa shape index (κ2) is 7.32. The fourth-order valence-corrected chi connectivity index (χ4v) is 5.06. The number of Topliss-reactive ketones (excluding diaryl/α,β-unsaturated/α-hetero) is 2. The number of ketones is 2. The van der Waals surface area contributed by atoms with Gasteiger partial charge in [0.25, 0.3) is 11.8 Å². The molecule has 1 aliphatic heterocycles. The van der Waals surface area contributed by atoms with E-state index in [1.807, 2.05) is 0 Å². The Balaban J connectivity index is 1.49. The second-order valence-corrected chi connectivity index (χ2v) is 8.98. The summed E-state index contributed by atoms with van der Waals surface area (Å²) in [4.78, 5) is 52.8. The van der Waals surface area contributed by atoms with Gasteiger partial charge in [0, 0.05) is 24.0 Å². The average molecular weight is 439 g/mol. The van der Waals surface area contributed by atoms with Gasteiger partial charge in [-0.2, -0.15) is 0 Å². The molecule has 0 atom stereocenters. The zero-order valence-corrected chi connectivity index (χ0v) is 17.9. The number of hydrogen-bond donors (Lipinski definition) is 1. The third-order valence-corrected chi connectivity index (χ3v) is 6.50. The van der Waals surface area contributed by atoms with Gasteiger partial charge in [-0.05, 0) is 24.6 Å². The second-order valence-electron chi connectivity index (χ2n) is 8.98. The van der Waals surface area contributed by atoms with Gasteiger partial charge in [-0.15, -0.1) is 0 Å². The highest BCUT2D eigenvalue weighted by molar-refractivity contribution is 6.49. The van der Waals surface area contributed by atoms with E-state index in [1.54, 1.807) is 73.7 Å². The third kappa shape index (κ3) is 3.22. The van der Waals surface area contributed by atoms with E-state index in [0.29, 0.717) is 22.3 Å². The molecule has 3 aromatic rings. The number of imide groups is 1. The maximum atomic E-state index is 13.2. The summed E-state index contributed by atoms with van der Waals surface area (Å²) in [7, 11) is 0. The molecular formula is C27H21NO5. The molecule has 1 fully saturated rings. The molecule has 6 nitrogen and oxygen atoms in total. The SMILES string of the molecule is CC1(O)CC(c2ccc(C(=O)C(=O)c3ccccc3)cc2)(N2C(=O)c3ccccc3C2=O)C1. The zero-order chi connectivity index (χ0) is 23.4. The van der Waals surface area contributed by atoms with Gasteiger partial charge in [0.15, 0.2) is 0 Å². The normalized spacial score (nSPS) is 23.8. The highest BCUT2D eigenvalue weighted by atomic mass is 16.3. The van der Waals surface area contributed by atoms with E-state index in [1.165, 1.54) is 17.0 Å². The predicted molar refractivity (Wildman–Crippen MR) is 120 cm³/mol. The monoisotopic (exact) mass is 439 g/mol. The summed E-state index contributed by atoms with van der Waals surface area (Å²) in [6.45, 7) is 1.67. The Morgan fingerprint density at radius 3 is 1.67 bits per heavy atom. The molecule has 0 aromatic heterocycles. The number of nitrogens with zero attached hydrogens (tertiary/aromatic N) is 1. The summed E-state index contributed by atoms with van der Waals surface area (Å²) in [6.07, 6.45) is 0.364. The third-order valence-electron chi connectivity index (χ3n) is 6.50. The lowest BCUT2D eigenvalue weighted by atomic mass is 9.61.